The van der Waals surface area contributed by atoms with Crippen LogP contribution in [0, 0.1) is 11.6 Å². The van der Waals surface area contributed by atoms with Crippen molar-refractivity contribution in [3.63, 3.8) is 0 Å². The van der Waals surface area contributed by atoms with E-state index in [4.69, 9.17) is 27.9 Å². The molecular formula is C24H18Cl2F2N2O5S. The van der Waals surface area contributed by atoms with Gasteiger partial charge in [0.05, 0.1) is 27.7 Å². The molecule has 0 aliphatic carbocycles. The van der Waals surface area contributed by atoms with E-state index in [9.17, 15) is 26.8 Å². The smallest absolute Gasteiger partial charge is 0.340 e. The van der Waals surface area contributed by atoms with E-state index in [1.807, 2.05) is 0 Å². The third kappa shape index (κ3) is 6.39. The lowest BCUT2D eigenvalue weighted by Gasteiger charge is -2.23. The van der Waals surface area contributed by atoms with Crippen LogP contribution in [0.3, 0.4) is 0 Å². The van der Waals surface area contributed by atoms with Crippen LogP contribution in [0.2, 0.25) is 10.0 Å². The van der Waals surface area contributed by atoms with Crippen LogP contribution in [0.5, 0.6) is 0 Å². The summed E-state index contributed by atoms with van der Waals surface area (Å²) in [6.07, 6.45) is 1.39. The Morgan fingerprint density at radius 2 is 1.69 bits per heavy atom. The summed E-state index contributed by atoms with van der Waals surface area (Å²) in [4.78, 5) is 24.3. The van der Waals surface area contributed by atoms with Gasteiger partial charge in [0.1, 0.15) is 0 Å². The van der Waals surface area contributed by atoms with Gasteiger partial charge in [0, 0.05) is 16.8 Å². The van der Waals surface area contributed by atoms with E-state index in [-0.39, 0.29) is 27.7 Å². The Morgan fingerprint density at radius 3 is 2.33 bits per heavy atom. The van der Waals surface area contributed by atoms with Gasteiger partial charge in [0.15, 0.2) is 18.2 Å². The summed E-state index contributed by atoms with van der Waals surface area (Å²) in [5.74, 6) is -4.17. The Bertz CT molecular complexity index is 1420. The molecule has 0 unspecified atom stereocenters. The van der Waals surface area contributed by atoms with Gasteiger partial charge in [-0.1, -0.05) is 29.3 Å². The Balaban J connectivity index is 1.78. The van der Waals surface area contributed by atoms with Crippen molar-refractivity contribution in [3.8, 4) is 0 Å². The van der Waals surface area contributed by atoms with Gasteiger partial charge in [-0.3, -0.25) is 9.10 Å². The largest absolute Gasteiger partial charge is 0.452 e. The number of carbonyl (C=O) groups is 2. The zero-order chi connectivity index (χ0) is 26.5. The lowest BCUT2D eigenvalue weighted by Crippen LogP contribution is -2.31. The monoisotopic (exact) mass is 554 g/mol. The predicted molar refractivity (Wildman–Crippen MR) is 133 cm³/mol. The number of nitrogens with zero attached hydrogens (tertiary/aromatic N) is 1. The molecule has 7 nitrogen and oxygen atoms in total. The first-order chi connectivity index (χ1) is 17.0. The van der Waals surface area contributed by atoms with Gasteiger partial charge in [-0.05, 0) is 54.6 Å². The third-order valence-corrected chi connectivity index (χ3v) is 7.06. The molecule has 0 aliphatic rings. The fourth-order valence-electron chi connectivity index (χ4n) is 3.00. The summed E-state index contributed by atoms with van der Waals surface area (Å²) < 4.78 is 59.0. The van der Waals surface area contributed by atoms with Crippen LogP contribution in [0.15, 0.2) is 78.2 Å². The molecule has 3 aromatic carbocycles. The quantitative estimate of drug-likeness (QED) is 0.280. The normalized spacial score (nSPS) is 11.0. The summed E-state index contributed by atoms with van der Waals surface area (Å²) >= 11 is 12.0. The van der Waals surface area contributed by atoms with Crippen LogP contribution < -0.4 is 9.62 Å². The molecule has 0 radical (unpaired) electrons. The van der Waals surface area contributed by atoms with Crippen molar-refractivity contribution in [1.82, 2.24) is 0 Å². The first kappa shape index (κ1) is 27.1. The molecular weight excluding hydrogens is 537 g/mol. The standard InChI is InChI=1S/C24H18Cl2F2N2O5S/c1-2-11-30(17-6-3-15(25)4-7-17)36(33,34)18-8-9-20(26)19(13-18)24(32)35-14-23(31)29-16-5-10-21(27)22(28)12-16/h2-10,12-13H,1,11,14H2,(H,29,31). The maximum Gasteiger partial charge on any atom is 0.340 e. The van der Waals surface area contributed by atoms with Gasteiger partial charge in [0.2, 0.25) is 0 Å². The summed E-state index contributed by atoms with van der Waals surface area (Å²) in [5.41, 5.74) is -0.0362. The molecule has 0 saturated heterocycles. The lowest BCUT2D eigenvalue weighted by molar-refractivity contribution is -0.119. The number of hydrogen-bond acceptors (Lipinski definition) is 5. The zero-order valence-corrected chi connectivity index (χ0v) is 20.7. The molecule has 0 atom stereocenters. The zero-order valence-electron chi connectivity index (χ0n) is 18.4. The van der Waals surface area contributed by atoms with E-state index in [1.165, 1.54) is 42.5 Å². The molecule has 0 saturated carbocycles. The molecule has 1 amide bonds. The number of sulfonamides is 1. The topological polar surface area (TPSA) is 92.8 Å². The van der Waals surface area contributed by atoms with Crippen molar-refractivity contribution >= 4 is 56.5 Å². The minimum absolute atomic E-state index is 0.0504. The van der Waals surface area contributed by atoms with Crippen LogP contribution in [0.4, 0.5) is 20.2 Å². The summed E-state index contributed by atoms with van der Waals surface area (Å²) in [6, 6.07) is 12.2. The van der Waals surface area contributed by atoms with E-state index in [0.717, 1.165) is 28.6 Å². The molecule has 0 aliphatic heterocycles. The van der Waals surface area contributed by atoms with Gasteiger partial charge < -0.3 is 10.1 Å². The molecule has 36 heavy (non-hydrogen) atoms. The second kappa shape index (κ2) is 11.5. The predicted octanol–water partition coefficient (Wildman–Crippen LogP) is 5.45. The van der Waals surface area contributed by atoms with Crippen LogP contribution in [0.1, 0.15) is 10.4 Å². The number of hydrogen-bond donors (Lipinski definition) is 1. The van der Waals surface area contributed by atoms with Crippen LogP contribution >= 0.6 is 23.2 Å². The lowest BCUT2D eigenvalue weighted by atomic mass is 10.2. The van der Waals surface area contributed by atoms with Crippen molar-refractivity contribution < 1.29 is 31.5 Å². The van der Waals surface area contributed by atoms with Gasteiger partial charge in [-0.25, -0.2) is 22.0 Å². The SMILES string of the molecule is C=CCN(c1ccc(Cl)cc1)S(=O)(=O)c1ccc(Cl)c(C(=O)OCC(=O)Nc2ccc(F)c(F)c2)c1. The fraction of sp³-hybridized carbons (Fsp3) is 0.0833. The maximum absolute atomic E-state index is 13.3. The molecule has 3 aromatic rings. The van der Waals surface area contributed by atoms with Crippen molar-refractivity contribution in [3.05, 3.63) is 101 Å². The second-order valence-electron chi connectivity index (χ2n) is 7.20. The number of nitrogens with one attached hydrogen (secondary N) is 1. The highest BCUT2D eigenvalue weighted by molar-refractivity contribution is 7.92. The third-order valence-electron chi connectivity index (χ3n) is 4.69. The molecule has 0 heterocycles. The van der Waals surface area contributed by atoms with Gasteiger partial charge >= 0.3 is 5.97 Å². The number of amides is 1. The average molecular weight is 555 g/mol. The number of esters is 1. The minimum Gasteiger partial charge on any atom is -0.452 e. The molecule has 0 spiro atoms. The molecule has 0 bridgehead atoms. The van der Waals surface area contributed by atoms with Crippen molar-refractivity contribution in [2.24, 2.45) is 0 Å². The van der Waals surface area contributed by atoms with Crippen LogP contribution in [0.25, 0.3) is 0 Å². The minimum atomic E-state index is -4.17. The number of halogens is 4. The van der Waals surface area contributed by atoms with E-state index in [2.05, 4.69) is 11.9 Å². The average Bonchev–Trinajstić information content (AvgIpc) is 2.84. The van der Waals surface area contributed by atoms with E-state index in [1.54, 1.807) is 0 Å². The summed E-state index contributed by atoms with van der Waals surface area (Å²) in [7, 11) is -4.17. The molecule has 0 aromatic heterocycles. The summed E-state index contributed by atoms with van der Waals surface area (Å²) in [5, 5.41) is 2.55. The van der Waals surface area contributed by atoms with Gasteiger partial charge in [0.25, 0.3) is 15.9 Å². The highest BCUT2D eigenvalue weighted by Crippen LogP contribution is 2.28. The Kier molecular flexibility index (Phi) is 8.67. The highest BCUT2D eigenvalue weighted by atomic mass is 35.5. The number of rotatable bonds is 9. The molecule has 188 valence electrons. The Hall–Kier alpha value is -3.47. The van der Waals surface area contributed by atoms with Crippen LogP contribution in [-0.4, -0.2) is 33.4 Å². The number of benzene rings is 3. The molecule has 0 fully saturated rings. The summed E-state index contributed by atoms with van der Waals surface area (Å²) in [6.45, 7) is 2.72. The van der Waals surface area contributed by atoms with Gasteiger partial charge in [-0.15, -0.1) is 6.58 Å². The first-order valence-electron chi connectivity index (χ1n) is 10.1. The number of carbonyl (C=O) groups excluding carboxylic acids is 2. The Morgan fingerprint density at radius 1 is 1.00 bits per heavy atom. The Labute approximate surface area is 215 Å². The molecule has 3 rings (SSSR count). The van der Waals surface area contributed by atoms with Crippen LogP contribution in [-0.2, 0) is 19.6 Å². The van der Waals surface area contributed by atoms with E-state index < -0.39 is 40.1 Å². The van der Waals surface area contributed by atoms with Crippen molar-refractivity contribution in [2.45, 2.75) is 4.90 Å². The molecule has 1 N–H and O–H groups in total. The van der Waals surface area contributed by atoms with E-state index in [0.29, 0.717) is 10.7 Å². The van der Waals surface area contributed by atoms with Crippen molar-refractivity contribution in [1.29, 1.82) is 0 Å². The number of anilines is 2. The maximum atomic E-state index is 13.3. The second-order valence-corrected chi connectivity index (χ2v) is 9.90. The highest BCUT2D eigenvalue weighted by Gasteiger charge is 2.26. The molecule has 12 heteroatoms. The van der Waals surface area contributed by atoms with Crippen molar-refractivity contribution in [2.75, 3.05) is 22.8 Å². The van der Waals surface area contributed by atoms with E-state index >= 15 is 0 Å². The number of ether oxygens (including phenoxy) is 1. The first-order valence-corrected chi connectivity index (χ1v) is 12.3. The van der Waals surface area contributed by atoms with Gasteiger partial charge in [-0.2, -0.15) is 0 Å². The fourth-order valence-corrected chi connectivity index (χ4v) is 4.78.